The van der Waals surface area contributed by atoms with Crippen LogP contribution in [0.4, 0.5) is 0 Å². The van der Waals surface area contributed by atoms with Crippen LogP contribution in [-0.2, 0) is 27.9 Å². The Morgan fingerprint density at radius 2 is 0.938 bits per heavy atom. The van der Waals surface area contributed by atoms with Crippen LogP contribution in [0, 0.1) is 0 Å². The smallest absolute Gasteiger partial charge is 0.457 e. The lowest BCUT2D eigenvalue weighted by Gasteiger charge is -2.20. The summed E-state index contributed by atoms with van der Waals surface area (Å²) in [4.78, 5) is 22.5. The number of phosphoric acid groups is 1. The van der Waals surface area contributed by atoms with Gasteiger partial charge in [0.15, 0.2) is 0 Å². The zero-order chi connectivity index (χ0) is 35.4. The molecule has 3 N–H and O–H groups in total. The Hall–Kier alpha value is -0.540. The van der Waals surface area contributed by atoms with Gasteiger partial charge in [0, 0.05) is 13.0 Å². The number of ether oxygens (including phenoxy) is 2. The van der Waals surface area contributed by atoms with Crippen LogP contribution >= 0.6 is 7.82 Å². The second-order valence-corrected chi connectivity index (χ2v) is 15.1. The fraction of sp³-hybridized carbons (Fsp3) is 0.974. The second kappa shape index (κ2) is 36.3. The maximum absolute atomic E-state index is 12.5. The SMILES string of the molecule is CCCCCCCCCCCCCCCCOCC(COP(=O)(O)OCC(O)CO)OC(=O)CCCCCCCCCCCCCCC. The molecule has 0 rings (SSSR count). The lowest BCUT2D eigenvalue weighted by atomic mass is 10.0. The Morgan fingerprint density at radius 1 is 0.562 bits per heavy atom. The number of aliphatic hydroxyl groups is 2. The molecule has 0 aromatic carbocycles. The molecule has 0 aromatic heterocycles. The molecule has 288 valence electrons. The second-order valence-electron chi connectivity index (χ2n) is 13.7. The molecule has 10 heteroatoms. The van der Waals surface area contributed by atoms with Gasteiger partial charge in [0.1, 0.15) is 12.2 Å². The van der Waals surface area contributed by atoms with E-state index in [2.05, 4.69) is 13.8 Å². The molecule has 0 aromatic rings. The molecule has 0 aliphatic carbocycles. The highest BCUT2D eigenvalue weighted by molar-refractivity contribution is 7.47. The third-order valence-electron chi connectivity index (χ3n) is 8.79. The monoisotopic (exact) mass is 709 g/mol. The summed E-state index contributed by atoms with van der Waals surface area (Å²) in [7, 11) is -4.50. The lowest BCUT2D eigenvalue weighted by Crippen LogP contribution is -2.29. The normalized spacial score (nSPS) is 14.2. The summed E-state index contributed by atoms with van der Waals surface area (Å²) in [5.41, 5.74) is 0. The molecule has 0 spiro atoms. The molecular formula is C38H77O9P. The van der Waals surface area contributed by atoms with Gasteiger partial charge < -0.3 is 24.6 Å². The maximum Gasteiger partial charge on any atom is 0.472 e. The molecule has 0 bridgehead atoms. The minimum absolute atomic E-state index is 0.0576. The van der Waals surface area contributed by atoms with Gasteiger partial charge >= 0.3 is 13.8 Å². The molecule has 3 unspecified atom stereocenters. The number of phosphoric ester groups is 1. The molecular weight excluding hydrogens is 631 g/mol. The van der Waals surface area contributed by atoms with E-state index in [-0.39, 0.29) is 25.6 Å². The summed E-state index contributed by atoms with van der Waals surface area (Å²) in [6.45, 7) is 3.55. The highest BCUT2D eigenvalue weighted by Gasteiger charge is 2.26. The van der Waals surface area contributed by atoms with Crippen LogP contribution < -0.4 is 0 Å². The van der Waals surface area contributed by atoms with E-state index in [9.17, 15) is 19.4 Å². The first kappa shape index (κ1) is 47.5. The number of rotatable bonds is 39. The summed E-state index contributed by atoms with van der Waals surface area (Å²) in [6, 6.07) is 0. The number of unbranched alkanes of at least 4 members (excludes halogenated alkanes) is 25. The standard InChI is InChI=1S/C38H77O9P/c1-3-5-7-9-11-13-15-17-19-21-23-25-27-29-31-44-34-37(35-46-48(42,43)45-33-36(40)32-39)47-38(41)30-28-26-24-22-20-18-16-14-12-10-8-6-4-2/h36-37,39-40H,3-35H2,1-2H3,(H,42,43). The highest BCUT2D eigenvalue weighted by Crippen LogP contribution is 2.43. The number of esters is 1. The van der Waals surface area contributed by atoms with Gasteiger partial charge in [-0.25, -0.2) is 4.57 Å². The number of hydrogen-bond acceptors (Lipinski definition) is 8. The van der Waals surface area contributed by atoms with Gasteiger partial charge in [0.05, 0.1) is 26.4 Å². The van der Waals surface area contributed by atoms with E-state index in [1.54, 1.807) is 0 Å². The van der Waals surface area contributed by atoms with E-state index in [0.717, 1.165) is 32.1 Å². The third kappa shape index (κ3) is 35.3. The molecule has 9 nitrogen and oxygen atoms in total. The first-order valence-corrected chi connectivity index (χ1v) is 21.5. The molecule has 0 fully saturated rings. The molecule has 3 atom stereocenters. The zero-order valence-corrected chi connectivity index (χ0v) is 32.1. The molecule has 0 saturated heterocycles. The van der Waals surface area contributed by atoms with Crippen LogP contribution in [0.3, 0.4) is 0 Å². The van der Waals surface area contributed by atoms with Crippen LogP contribution in [-0.4, -0.2) is 66.3 Å². The van der Waals surface area contributed by atoms with Gasteiger partial charge in [-0.3, -0.25) is 13.8 Å². The van der Waals surface area contributed by atoms with Crippen molar-refractivity contribution in [2.75, 3.05) is 33.0 Å². The van der Waals surface area contributed by atoms with Gasteiger partial charge in [-0.1, -0.05) is 174 Å². The number of hydrogen-bond donors (Lipinski definition) is 3. The molecule has 0 radical (unpaired) electrons. The van der Waals surface area contributed by atoms with Gasteiger partial charge in [-0.05, 0) is 12.8 Å². The molecule has 0 aliphatic rings. The average Bonchev–Trinajstić information content (AvgIpc) is 3.07. The summed E-state index contributed by atoms with van der Waals surface area (Å²) in [5.74, 6) is -0.379. The van der Waals surface area contributed by atoms with Crippen LogP contribution in [0.15, 0.2) is 0 Å². The molecule has 48 heavy (non-hydrogen) atoms. The van der Waals surface area contributed by atoms with Crippen molar-refractivity contribution in [1.29, 1.82) is 0 Å². The van der Waals surface area contributed by atoms with E-state index in [4.69, 9.17) is 23.6 Å². The Morgan fingerprint density at radius 3 is 1.35 bits per heavy atom. The highest BCUT2D eigenvalue weighted by atomic mass is 31.2. The first-order chi connectivity index (χ1) is 23.3. The summed E-state index contributed by atoms with van der Waals surface area (Å²) < 4.78 is 33.3. The lowest BCUT2D eigenvalue weighted by molar-refractivity contribution is -0.154. The summed E-state index contributed by atoms with van der Waals surface area (Å²) in [5, 5.41) is 18.3. The predicted molar refractivity (Wildman–Crippen MR) is 196 cm³/mol. The summed E-state index contributed by atoms with van der Waals surface area (Å²) in [6.07, 6.45) is 31.9. The van der Waals surface area contributed by atoms with Crippen molar-refractivity contribution in [3.63, 3.8) is 0 Å². The maximum atomic E-state index is 12.5. The number of carbonyl (C=O) groups excluding carboxylic acids is 1. The van der Waals surface area contributed by atoms with Crippen molar-refractivity contribution in [2.45, 2.75) is 206 Å². The van der Waals surface area contributed by atoms with E-state index in [1.807, 2.05) is 0 Å². The zero-order valence-electron chi connectivity index (χ0n) is 31.2. The molecule has 0 saturated carbocycles. The van der Waals surface area contributed by atoms with Gasteiger partial charge in [0.2, 0.25) is 0 Å². The first-order valence-electron chi connectivity index (χ1n) is 20.0. The third-order valence-corrected chi connectivity index (χ3v) is 9.74. The predicted octanol–water partition coefficient (Wildman–Crippen LogP) is 10.4. The van der Waals surface area contributed by atoms with E-state index in [1.165, 1.54) is 141 Å². The van der Waals surface area contributed by atoms with Crippen molar-refractivity contribution in [3.8, 4) is 0 Å². The van der Waals surface area contributed by atoms with E-state index >= 15 is 0 Å². The Labute approximate surface area is 295 Å². The number of carbonyl (C=O) groups is 1. The average molecular weight is 709 g/mol. The van der Waals surface area contributed by atoms with Gasteiger partial charge in [0.25, 0.3) is 0 Å². The van der Waals surface area contributed by atoms with Crippen LogP contribution in [0.25, 0.3) is 0 Å². The minimum atomic E-state index is -4.50. The van der Waals surface area contributed by atoms with E-state index in [0.29, 0.717) is 6.61 Å². The largest absolute Gasteiger partial charge is 0.472 e. The topological polar surface area (TPSA) is 132 Å². The molecule has 0 amide bonds. The van der Waals surface area contributed by atoms with Crippen molar-refractivity contribution < 1.29 is 43.0 Å². The summed E-state index contributed by atoms with van der Waals surface area (Å²) >= 11 is 0. The van der Waals surface area contributed by atoms with Crippen LogP contribution in [0.2, 0.25) is 0 Å². The van der Waals surface area contributed by atoms with Gasteiger partial charge in [-0.2, -0.15) is 0 Å². The fourth-order valence-corrected chi connectivity index (χ4v) is 6.50. The molecule has 0 heterocycles. The van der Waals surface area contributed by atoms with Crippen LogP contribution in [0.1, 0.15) is 194 Å². The van der Waals surface area contributed by atoms with Crippen molar-refractivity contribution >= 4 is 13.8 Å². The fourth-order valence-electron chi connectivity index (χ4n) is 5.71. The number of aliphatic hydroxyl groups excluding tert-OH is 2. The Bertz CT molecular complexity index is 724. The minimum Gasteiger partial charge on any atom is -0.457 e. The molecule has 0 aliphatic heterocycles. The van der Waals surface area contributed by atoms with E-state index < -0.39 is 33.2 Å². The quantitative estimate of drug-likeness (QED) is 0.0324. The van der Waals surface area contributed by atoms with Gasteiger partial charge in [-0.15, -0.1) is 0 Å². The van der Waals surface area contributed by atoms with Crippen molar-refractivity contribution in [3.05, 3.63) is 0 Å². The van der Waals surface area contributed by atoms with Crippen molar-refractivity contribution in [2.24, 2.45) is 0 Å². The van der Waals surface area contributed by atoms with Crippen molar-refractivity contribution in [1.82, 2.24) is 0 Å². The Balaban J connectivity index is 4.17. The van der Waals surface area contributed by atoms with Crippen LogP contribution in [0.5, 0.6) is 0 Å². The Kier molecular flexibility index (Phi) is 35.8.